The Hall–Kier alpha value is -3.07. The highest BCUT2D eigenvalue weighted by Crippen LogP contribution is 2.26. The number of hydrogen-bond acceptors (Lipinski definition) is 6. The maximum Gasteiger partial charge on any atom is 0.286 e. The summed E-state index contributed by atoms with van der Waals surface area (Å²) in [6, 6.07) is 16.0. The number of rotatable bonds is 3. The molecule has 0 aliphatic carbocycles. The van der Waals surface area contributed by atoms with Gasteiger partial charge in [0.1, 0.15) is 17.3 Å². The highest BCUT2D eigenvalue weighted by molar-refractivity contribution is 7.90. The van der Waals surface area contributed by atoms with Crippen LogP contribution in [0.25, 0.3) is 11.4 Å². The van der Waals surface area contributed by atoms with E-state index in [1.165, 1.54) is 10.9 Å². The predicted octanol–water partition coefficient (Wildman–Crippen LogP) is 1.55. The first-order valence-corrected chi connectivity index (χ1v) is 8.59. The Labute approximate surface area is 137 Å². The Balaban J connectivity index is 1.61. The molecule has 120 valence electrons. The number of amidine groups is 1. The minimum atomic E-state index is -3.72. The van der Waals surface area contributed by atoms with Gasteiger partial charge in [0, 0.05) is 5.56 Å². The smallest absolute Gasteiger partial charge is 0.286 e. The SMILES string of the molecule is O=S1(=O)N=C(Cn2nnc(-c3ccccc3)n2)Nc2ccccc21. The summed E-state index contributed by atoms with van der Waals surface area (Å²) < 4.78 is 28.2. The second kappa shape index (κ2) is 5.53. The first-order chi connectivity index (χ1) is 11.6. The summed E-state index contributed by atoms with van der Waals surface area (Å²) in [5, 5.41) is 15.2. The van der Waals surface area contributed by atoms with Crippen LogP contribution in [0.3, 0.4) is 0 Å². The summed E-state index contributed by atoms with van der Waals surface area (Å²) in [4.78, 5) is 1.46. The molecule has 0 saturated heterocycles. The van der Waals surface area contributed by atoms with Crippen LogP contribution in [0.2, 0.25) is 0 Å². The van der Waals surface area contributed by atoms with E-state index in [1.54, 1.807) is 18.2 Å². The van der Waals surface area contributed by atoms with Crippen LogP contribution in [0.4, 0.5) is 5.69 Å². The van der Waals surface area contributed by atoms with Crippen molar-refractivity contribution in [3.63, 3.8) is 0 Å². The highest BCUT2D eigenvalue weighted by atomic mass is 32.2. The zero-order chi connectivity index (χ0) is 16.6. The summed E-state index contributed by atoms with van der Waals surface area (Å²) in [7, 11) is -3.72. The van der Waals surface area contributed by atoms with Crippen LogP contribution in [0.15, 0.2) is 63.9 Å². The van der Waals surface area contributed by atoms with Crippen molar-refractivity contribution in [1.29, 1.82) is 0 Å². The first kappa shape index (κ1) is 14.5. The molecule has 1 aliphatic heterocycles. The lowest BCUT2D eigenvalue weighted by atomic mass is 10.2. The van der Waals surface area contributed by atoms with Gasteiger partial charge in [-0.15, -0.1) is 14.6 Å². The molecule has 0 atom stereocenters. The molecule has 8 nitrogen and oxygen atoms in total. The number of nitrogens with zero attached hydrogens (tertiary/aromatic N) is 5. The maximum absolute atomic E-state index is 12.2. The van der Waals surface area contributed by atoms with Crippen molar-refractivity contribution < 1.29 is 8.42 Å². The van der Waals surface area contributed by atoms with Crippen LogP contribution in [0, 0.1) is 0 Å². The molecule has 0 fully saturated rings. The molecular weight excluding hydrogens is 328 g/mol. The van der Waals surface area contributed by atoms with Gasteiger partial charge in [0.25, 0.3) is 10.0 Å². The third-order valence-corrected chi connectivity index (χ3v) is 4.82. The number of para-hydroxylation sites is 1. The quantitative estimate of drug-likeness (QED) is 0.776. The number of benzene rings is 2. The molecule has 24 heavy (non-hydrogen) atoms. The summed E-state index contributed by atoms with van der Waals surface area (Å²) in [6.45, 7) is 0.0768. The van der Waals surface area contributed by atoms with E-state index >= 15 is 0 Å². The lowest BCUT2D eigenvalue weighted by molar-refractivity contribution is 0.589. The van der Waals surface area contributed by atoms with E-state index in [0.29, 0.717) is 11.5 Å². The minimum absolute atomic E-state index is 0.0768. The van der Waals surface area contributed by atoms with E-state index in [0.717, 1.165) is 5.56 Å². The number of fused-ring (bicyclic) bond motifs is 1. The Morgan fingerprint density at radius 1 is 1.00 bits per heavy atom. The van der Waals surface area contributed by atoms with Gasteiger partial charge in [-0.3, -0.25) is 0 Å². The van der Waals surface area contributed by atoms with E-state index in [9.17, 15) is 8.42 Å². The Morgan fingerprint density at radius 2 is 1.75 bits per heavy atom. The molecule has 1 N–H and O–H groups in total. The summed E-state index contributed by atoms with van der Waals surface area (Å²) in [5.41, 5.74) is 1.33. The maximum atomic E-state index is 12.2. The van der Waals surface area contributed by atoms with Crippen LogP contribution in [0.1, 0.15) is 0 Å². The molecule has 2 aromatic carbocycles. The van der Waals surface area contributed by atoms with Crippen molar-refractivity contribution in [2.24, 2.45) is 4.40 Å². The summed E-state index contributed by atoms with van der Waals surface area (Å²) in [6.07, 6.45) is 0. The van der Waals surface area contributed by atoms with Crippen LogP contribution in [0.5, 0.6) is 0 Å². The monoisotopic (exact) mass is 340 g/mol. The molecular formula is C15H12N6O2S. The van der Waals surface area contributed by atoms with Crippen molar-refractivity contribution in [1.82, 2.24) is 20.2 Å². The molecule has 3 aromatic rings. The third kappa shape index (κ3) is 2.65. The van der Waals surface area contributed by atoms with E-state index in [4.69, 9.17) is 0 Å². The molecule has 1 aromatic heterocycles. The van der Waals surface area contributed by atoms with Gasteiger partial charge in [-0.05, 0) is 17.3 Å². The summed E-state index contributed by atoms with van der Waals surface area (Å²) >= 11 is 0. The molecule has 0 amide bonds. The zero-order valence-corrected chi connectivity index (χ0v) is 13.2. The van der Waals surface area contributed by atoms with Gasteiger partial charge in [-0.1, -0.05) is 42.5 Å². The van der Waals surface area contributed by atoms with E-state index in [-0.39, 0.29) is 17.3 Å². The molecule has 4 rings (SSSR count). The van der Waals surface area contributed by atoms with Crippen molar-refractivity contribution in [2.45, 2.75) is 11.4 Å². The fourth-order valence-corrected chi connectivity index (χ4v) is 3.52. The lowest BCUT2D eigenvalue weighted by Gasteiger charge is -2.17. The van der Waals surface area contributed by atoms with Gasteiger partial charge in [-0.25, -0.2) is 0 Å². The number of nitrogens with one attached hydrogen (secondary N) is 1. The molecule has 0 radical (unpaired) electrons. The number of tetrazole rings is 1. The largest absolute Gasteiger partial charge is 0.340 e. The van der Waals surface area contributed by atoms with Gasteiger partial charge >= 0.3 is 0 Å². The highest BCUT2D eigenvalue weighted by Gasteiger charge is 2.24. The van der Waals surface area contributed by atoms with E-state index in [2.05, 4.69) is 25.1 Å². The third-order valence-electron chi connectivity index (χ3n) is 3.45. The van der Waals surface area contributed by atoms with Gasteiger partial charge in [0.2, 0.25) is 5.82 Å². The predicted molar refractivity (Wildman–Crippen MR) is 87.9 cm³/mol. The first-order valence-electron chi connectivity index (χ1n) is 7.15. The van der Waals surface area contributed by atoms with Crippen LogP contribution < -0.4 is 5.32 Å². The van der Waals surface area contributed by atoms with Crippen LogP contribution >= 0.6 is 0 Å². The standard InChI is InChI=1S/C15H12N6O2S/c22-24(23)13-9-5-4-8-12(13)16-14(19-24)10-21-18-15(17-20-21)11-6-2-1-3-7-11/h1-9H,10H2,(H,16,19). The number of hydrogen-bond donors (Lipinski definition) is 1. The molecule has 0 saturated carbocycles. The second-order valence-electron chi connectivity index (χ2n) is 5.14. The van der Waals surface area contributed by atoms with Gasteiger partial charge in [-0.2, -0.15) is 13.2 Å². The van der Waals surface area contributed by atoms with Gasteiger partial charge < -0.3 is 5.32 Å². The molecule has 0 spiro atoms. The van der Waals surface area contributed by atoms with Crippen molar-refractivity contribution >= 4 is 21.5 Å². The Kier molecular flexibility index (Phi) is 3.35. The lowest BCUT2D eigenvalue weighted by Crippen LogP contribution is -2.26. The van der Waals surface area contributed by atoms with Gasteiger partial charge in [0.05, 0.1) is 5.69 Å². The molecule has 0 unspecified atom stereocenters. The molecule has 1 aliphatic rings. The second-order valence-corrected chi connectivity index (χ2v) is 6.72. The minimum Gasteiger partial charge on any atom is -0.340 e. The average Bonchev–Trinajstić information content (AvgIpc) is 3.03. The number of anilines is 1. The molecule has 2 heterocycles. The summed E-state index contributed by atoms with van der Waals surface area (Å²) in [5.74, 6) is 0.709. The van der Waals surface area contributed by atoms with E-state index < -0.39 is 10.0 Å². The van der Waals surface area contributed by atoms with Crippen molar-refractivity contribution in [3.8, 4) is 11.4 Å². The fraction of sp³-hybridized carbons (Fsp3) is 0.0667. The average molecular weight is 340 g/mol. The number of aromatic nitrogens is 4. The molecule has 0 bridgehead atoms. The van der Waals surface area contributed by atoms with Crippen LogP contribution in [-0.2, 0) is 16.6 Å². The number of sulfonamides is 1. The normalized spacial score (nSPS) is 15.2. The van der Waals surface area contributed by atoms with Crippen LogP contribution in [-0.4, -0.2) is 34.5 Å². The van der Waals surface area contributed by atoms with Crippen molar-refractivity contribution in [2.75, 3.05) is 5.32 Å². The Morgan fingerprint density at radius 3 is 2.58 bits per heavy atom. The van der Waals surface area contributed by atoms with Crippen molar-refractivity contribution in [3.05, 3.63) is 54.6 Å². The van der Waals surface area contributed by atoms with Gasteiger partial charge in [0.15, 0.2) is 0 Å². The topological polar surface area (TPSA) is 102 Å². The fourth-order valence-electron chi connectivity index (χ4n) is 2.38. The Bertz CT molecular complexity index is 1030. The molecule has 9 heteroatoms. The zero-order valence-electron chi connectivity index (χ0n) is 12.4. The van der Waals surface area contributed by atoms with E-state index in [1.807, 2.05) is 30.3 Å².